The van der Waals surface area contributed by atoms with E-state index in [1.54, 1.807) is 0 Å². The van der Waals surface area contributed by atoms with E-state index in [0.29, 0.717) is 6.61 Å². The molecule has 1 aliphatic rings. The Labute approximate surface area is 201 Å². The van der Waals surface area contributed by atoms with Crippen LogP contribution in [-0.4, -0.2) is 66.8 Å². The fourth-order valence-corrected chi connectivity index (χ4v) is 3.73. The van der Waals surface area contributed by atoms with Crippen molar-refractivity contribution in [3.05, 3.63) is 82.9 Å². The van der Waals surface area contributed by atoms with Gasteiger partial charge in [-0.15, -0.1) is 24.8 Å². The maximum absolute atomic E-state index is 10.4. The van der Waals surface area contributed by atoms with Crippen molar-refractivity contribution >= 4 is 42.4 Å². The molecule has 1 atom stereocenters. The predicted octanol–water partition coefficient (Wildman–Crippen LogP) is 4.55. The molecule has 0 spiro atoms. The molecule has 31 heavy (non-hydrogen) atoms. The molecular formula is C23H29Cl3N2O3. The van der Waals surface area contributed by atoms with Crippen LogP contribution in [0.2, 0.25) is 5.02 Å². The molecule has 1 unspecified atom stereocenters. The number of carboxylic acids is 1. The number of rotatable bonds is 9. The summed E-state index contributed by atoms with van der Waals surface area (Å²) >= 11 is 6.10. The third kappa shape index (κ3) is 8.81. The minimum atomic E-state index is -0.942. The number of ether oxygens (including phenoxy) is 1. The van der Waals surface area contributed by atoms with Gasteiger partial charge in [0.05, 0.1) is 12.6 Å². The lowest BCUT2D eigenvalue weighted by molar-refractivity contribution is -0.141. The van der Waals surface area contributed by atoms with E-state index < -0.39 is 5.97 Å². The summed E-state index contributed by atoms with van der Waals surface area (Å²) in [7, 11) is 0. The first kappa shape index (κ1) is 27.4. The van der Waals surface area contributed by atoms with Gasteiger partial charge in [0.15, 0.2) is 0 Å². The van der Waals surface area contributed by atoms with E-state index in [9.17, 15) is 4.79 Å². The average molecular weight is 488 g/mol. The van der Waals surface area contributed by atoms with Crippen LogP contribution >= 0.6 is 36.4 Å². The van der Waals surface area contributed by atoms with Crippen molar-refractivity contribution in [2.45, 2.75) is 6.04 Å². The van der Waals surface area contributed by atoms with Crippen LogP contribution in [0, 0.1) is 0 Å². The zero-order valence-electron chi connectivity index (χ0n) is 17.2. The first-order chi connectivity index (χ1) is 14.1. The summed E-state index contributed by atoms with van der Waals surface area (Å²) in [4.78, 5) is 15.3. The number of nitrogens with zero attached hydrogens (tertiary/aromatic N) is 2. The normalized spacial score (nSPS) is 15.8. The fourth-order valence-electron chi connectivity index (χ4n) is 3.60. The molecule has 0 amide bonds. The Balaban J connectivity index is 0.00000240. The van der Waals surface area contributed by atoms with Gasteiger partial charge in [-0.05, 0) is 23.3 Å². The number of piperazine rings is 1. The van der Waals surface area contributed by atoms with Crippen LogP contribution in [0.4, 0.5) is 0 Å². The van der Waals surface area contributed by atoms with E-state index in [-0.39, 0.29) is 37.5 Å². The van der Waals surface area contributed by atoms with Gasteiger partial charge in [0.25, 0.3) is 0 Å². The van der Waals surface area contributed by atoms with E-state index in [4.69, 9.17) is 21.4 Å². The quantitative estimate of drug-likeness (QED) is 0.415. The molecule has 8 heteroatoms. The zero-order chi connectivity index (χ0) is 20.5. The number of benzene rings is 2. The van der Waals surface area contributed by atoms with Gasteiger partial charge < -0.3 is 9.84 Å². The van der Waals surface area contributed by atoms with Crippen molar-refractivity contribution < 1.29 is 14.6 Å². The largest absolute Gasteiger partial charge is 0.480 e. The first-order valence-corrected chi connectivity index (χ1v) is 10.2. The predicted molar refractivity (Wildman–Crippen MR) is 130 cm³/mol. The molecule has 0 bridgehead atoms. The van der Waals surface area contributed by atoms with Gasteiger partial charge in [0.1, 0.15) is 6.61 Å². The van der Waals surface area contributed by atoms with E-state index in [0.717, 1.165) is 37.7 Å². The Hall–Kier alpha value is -1.60. The highest BCUT2D eigenvalue weighted by molar-refractivity contribution is 6.30. The van der Waals surface area contributed by atoms with Gasteiger partial charge in [-0.1, -0.05) is 66.2 Å². The Morgan fingerprint density at radius 2 is 1.58 bits per heavy atom. The third-order valence-electron chi connectivity index (χ3n) is 5.04. The minimum absolute atomic E-state index is 0. The molecule has 1 N–H and O–H groups in total. The molecule has 3 rings (SSSR count). The second-order valence-corrected chi connectivity index (χ2v) is 7.52. The van der Waals surface area contributed by atoms with E-state index in [1.165, 1.54) is 11.1 Å². The van der Waals surface area contributed by atoms with Crippen LogP contribution in [0.15, 0.2) is 66.7 Å². The lowest BCUT2D eigenvalue weighted by atomic mass is 9.96. The van der Waals surface area contributed by atoms with Crippen LogP contribution in [0.1, 0.15) is 17.2 Å². The first-order valence-electron chi connectivity index (χ1n) is 9.85. The second kappa shape index (κ2) is 14.5. The average Bonchev–Trinajstić information content (AvgIpc) is 2.74. The molecule has 5 nitrogen and oxygen atoms in total. The summed E-state index contributed by atoms with van der Waals surface area (Å²) in [5, 5.41) is 9.31. The van der Waals surface area contributed by atoms with Gasteiger partial charge in [0.2, 0.25) is 0 Å². The number of halogens is 3. The number of hydrogen-bond donors (Lipinski definition) is 1. The number of carboxylic acid groups (broad SMARTS) is 1. The van der Waals surface area contributed by atoms with E-state index in [1.807, 2.05) is 30.4 Å². The summed E-state index contributed by atoms with van der Waals surface area (Å²) in [5.74, 6) is -0.942. The second-order valence-electron chi connectivity index (χ2n) is 7.08. The summed E-state index contributed by atoms with van der Waals surface area (Å²) < 4.78 is 5.02. The molecule has 2 aromatic carbocycles. The van der Waals surface area contributed by atoms with Crippen molar-refractivity contribution in [1.29, 1.82) is 0 Å². The van der Waals surface area contributed by atoms with Crippen molar-refractivity contribution in [3.8, 4) is 0 Å². The van der Waals surface area contributed by atoms with Crippen LogP contribution in [0.3, 0.4) is 0 Å². The number of hydrogen-bond acceptors (Lipinski definition) is 4. The standard InChI is InChI=1S/C23H27ClN2O3.2ClH/c24-21-10-8-20(9-11-21)23(19-6-2-1-3-7-19)26-15-13-25(14-16-26)12-4-5-17-29-18-22(27)28;;/h1-11,23H,12-18H2,(H,27,28);2*1H/b5-4+;;. The summed E-state index contributed by atoms with van der Waals surface area (Å²) in [6.45, 7) is 4.85. The van der Waals surface area contributed by atoms with E-state index in [2.05, 4.69) is 46.2 Å². The number of carbonyl (C=O) groups is 1. The van der Waals surface area contributed by atoms with Crippen LogP contribution < -0.4 is 0 Å². The van der Waals surface area contributed by atoms with Crippen molar-refractivity contribution in [3.63, 3.8) is 0 Å². The molecule has 1 fully saturated rings. The third-order valence-corrected chi connectivity index (χ3v) is 5.29. The Kier molecular flexibility index (Phi) is 12.8. The maximum atomic E-state index is 10.4. The Morgan fingerprint density at radius 1 is 0.968 bits per heavy atom. The lowest BCUT2D eigenvalue weighted by Gasteiger charge is -2.39. The molecule has 2 aromatic rings. The zero-order valence-corrected chi connectivity index (χ0v) is 19.6. The highest BCUT2D eigenvalue weighted by Gasteiger charge is 2.25. The number of aliphatic carboxylic acids is 1. The van der Waals surface area contributed by atoms with Gasteiger partial charge in [-0.3, -0.25) is 9.80 Å². The van der Waals surface area contributed by atoms with Gasteiger partial charge in [-0.2, -0.15) is 0 Å². The molecule has 0 aliphatic carbocycles. The van der Waals surface area contributed by atoms with Gasteiger partial charge >= 0.3 is 5.97 Å². The summed E-state index contributed by atoms with van der Waals surface area (Å²) in [5.41, 5.74) is 2.54. The lowest BCUT2D eigenvalue weighted by Crippen LogP contribution is -2.47. The molecule has 1 aliphatic heterocycles. The van der Waals surface area contributed by atoms with Crippen molar-refractivity contribution in [2.24, 2.45) is 0 Å². The molecule has 0 aromatic heterocycles. The molecule has 1 heterocycles. The molecule has 0 radical (unpaired) electrons. The van der Waals surface area contributed by atoms with E-state index >= 15 is 0 Å². The molecule has 0 saturated carbocycles. The van der Waals surface area contributed by atoms with Crippen molar-refractivity contribution in [2.75, 3.05) is 45.9 Å². The van der Waals surface area contributed by atoms with Gasteiger partial charge in [0, 0.05) is 37.7 Å². The minimum Gasteiger partial charge on any atom is -0.480 e. The maximum Gasteiger partial charge on any atom is 0.329 e. The fraction of sp³-hybridized carbons (Fsp3) is 0.348. The van der Waals surface area contributed by atoms with Crippen molar-refractivity contribution in [1.82, 2.24) is 9.80 Å². The smallest absolute Gasteiger partial charge is 0.329 e. The van der Waals surface area contributed by atoms with Crippen LogP contribution in [0.25, 0.3) is 0 Å². The molecule has 1 saturated heterocycles. The highest BCUT2D eigenvalue weighted by atomic mass is 35.5. The topological polar surface area (TPSA) is 53.0 Å². The Morgan fingerprint density at radius 3 is 2.19 bits per heavy atom. The Bertz CT molecular complexity index is 795. The van der Waals surface area contributed by atoms with Crippen LogP contribution in [0.5, 0.6) is 0 Å². The molecule has 170 valence electrons. The molecular weight excluding hydrogens is 459 g/mol. The SMILES string of the molecule is Cl.Cl.O=C(O)COC/C=C/CN1CCN(C(c2ccccc2)c2ccc(Cl)cc2)CC1. The van der Waals surface area contributed by atoms with Gasteiger partial charge in [-0.25, -0.2) is 4.79 Å². The van der Waals surface area contributed by atoms with Crippen LogP contribution in [-0.2, 0) is 9.53 Å². The summed E-state index contributed by atoms with van der Waals surface area (Å²) in [6, 6.07) is 19.0. The highest BCUT2D eigenvalue weighted by Crippen LogP contribution is 2.30. The monoisotopic (exact) mass is 486 g/mol. The summed E-state index contributed by atoms with van der Waals surface area (Å²) in [6.07, 6.45) is 3.93.